The van der Waals surface area contributed by atoms with E-state index in [2.05, 4.69) is 9.88 Å². The Balaban J connectivity index is 2.02. The van der Waals surface area contributed by atoms with Gasteiger partial charge in [-0.15, -0.1) is 0 Å². The van der Waals surface area contributed by atoms with Gasteiger partial charge < -0.3 is 15.2 Å². The summed E-state index contributed by atoms with van der Waals surface area (Å²) in [5.74, 6) is 0.723. The monoisotopic (exact) mass is 250 g/mol. The number of hydrogen-bond acceptors (Lipinski definition) is 5. The maximum absolute atomic E-state index is 7.43. The van der Waals surface area contributed by atoms with Gasteiger partial charge in [-0.2, -0.15) is 0 Å². The topological polar surface area (TPSA) is 84.5 Å². The van der Waals surface area contributed by atoms with Crippen molar-refractivity contribution in [1.29, 1.82) is 5.41 Å². The molecule has 2 heterocycles. The number of ether oxygens (including phenoxy) is 2. The first kappa shape index (κ1) is 12.8. The average molecular weight is 250 g/mol. The molecule has 0 saturated carbocycles. The van der Waals surface area contributed by atoms with Crippen molar-refractivity contribution in [1.82, 2.24) is 9.88 Å². The molecule has 0 aromatic carbocycles. The number of methoxy groups -OCH3 is 1. The van der Waals surface area contributed by atoms with Crippen LogP contribution in [0.25, 0.3) is 0 Å². The lowest BCUT2D eigenvalue weighted by molar-refractivity contribution is 0.00207. The molecule has 1 saturated heterocycles. The normalized spacial score (nSPS) is 20.6. The van der Waals surface area contributed by atoms with Gasteiger partial charge in [0.2, 0.25) is 5.88 Å². The third kappa shape index (κ3) is 2.96. The van der Waals surface area contributed by atoms with Gasteiger partial charge in [0.15, 0.2) is 0 Å². The summed E-state index contributed by atoms with van der Waals surface area (Å²) in [5.41, 5.74) is 6.51. The lowest BCUT2D eigenvalue weighted by Gasteiger charge is -2.32. The van der Waals surface area contributed by atoms with E-state index in [-0.39, 0.29) is 11.9 Å². The summed E-state index contributed by atoms with van der Waals surface area (Å²) in [6.45, 7) is 2.77. The van der Waals surface area contributed by atoms with E-state index in [1.54, 1.807) is 13.3 Å². The number of amidine groups is 1. The highest BCUT2D eigenvalue weighted by atomic mass is 16.5. The van der Waals surface area contributed by atoms with Gasteiger partial charge in [-0.3, -0.25) is 10.3 Å². The van der Waals surface area contributed by atoms with E-state index in [4.69, 9.17) is 20.6 Å². The van der Waals surface area contributed by atoms with Crippen molar-refractivity contribution < 1.29 is 9.47 Å². The minimum absolute atomic E-state index is 0.0813. The average Bonchev–Trinajstić information content (AvgIpc) is 2.39. The fourth-order valence-corrected chi connectivity index (χ4v) is 2.00. The van der Waals surface area contributed by atoms with E-state index in [1.165, 1.54) is 0 Å². The minimum atomic E-state index is -0.304. The van der Waals surface area contributed by atoms with Gasteiger partial charge in [0.1, 0.15) is 11.9 Å². The zero-order valence-electron chi connectivity index (χ0n) is 10.4. The molecule has 2 rings (SSSR count). The highest BCUT2D eigenvalue weighted by Gasteiger charge is 2.23. The standard InChI is InChI=1S/C12H18N4O2/c1-17-12-9(3-2-4-15-12)7-16-5-6-18-10(8-16)11(13)14/h2-4,10H,5-8H2,1H3,(H3,13,14). The summed E-state index contributed by atoms with van der Waals surface area (Å²) in [6.07, 6.45) is 1.40. The molecule has 18 heavy (non-hydrogen) atoms. The molecule has 0 bridgehead atoms. The van der Waals surface area contributed by atoms with Crippen LogP contribution in [-0.2, 0) is 11.3 Å². The quantitative estimate of drug-likeness (QED) is 0.590. The number of nitrogens with two attached hydrogens (primary N) is 1. The van der Waals surface area contributed by atoms with E-state index in [9.17, 15) is 0 Å². The molecule has 6 heteroatoms. The van der Waals surface area contributed by atoms with Crippen LogP contribution in [0.4, 0.5) is 0 Å². The Hall–Kier alpha value is -1.66. The number of nitrogens with one attached hydrogen (secondary N) is 1. The first-order valence-electron chi connectivity index (χ1n) is 5.86. The van der Waals surface area contributed by atoms with Crippen LogP contribution in [0.15, 0.2) is 18.3 Å². The molecule has 98 valence electrons. The van der Waals surface area contributed by atoms with E-state index in [0.717, 1.165) is 18.7 Å². The van der Waals surface area contributed by atoms with Crippen LogP contribution in [0, 0.1) is 5.41 Å². The molecule has 1 aliphatic heterocycles. The van der Waals surface area contributed by atoms with Gasteiger partial charge in [-0.05, 0) is 6.07 Å². The fourth-order valence-electron chi connectivity index (χ4n) is 2.00. The molecule has 1 fully saturated rings. The summed E-state index contributed by atoms with van der Waals surface area (Å²) < 4.78 is 10.7. The summed E-state index contributed by atoms with van der Waals surface area (Å²) in [6, 6.07) is 3.88. The van der Waals surface area contributed by atoms with Gasteiger partial charge in [0.05, 0.1) is 13.7 Å². The van der Waals surface area contributed by atoms with Crippen LogP contribution in [0.1, 0.15) is 5.56 Å². The largest absolute Gasteiger partial charge is 0.481 e. The number of pyridine rings is 1. The molecular formula is C12H18N4O2. The predicted octanol–water partition coefficient (Wildman–Crippen LogP) is 0.227. The van der Waals surface area contributed by atoms with Crippen LogP contribution >= 0.6 is 0 Å². The number of aromatic nitrogens is 1. The van der Waals surface area contributed by atoms with Gasteiger partial charge in [0.25, 0.3) is 0 Å². The maximum Gasteiger partial charge on any atom is 0.217 e. The molecule has 0 radical (unpaired) electrons. The molecule has 6 nitrogen and oxygen atoms in total. The minimum Gasteiger partial charge on any atom is -0.481 e. The lowest BCUT2D eigenvalue weighted by atomic mass is 10.2. The van der Waals surface area contributed by atoms with E-state index in [1.807, 2.05) is 12.1 Å². The molecule has 1 aromatic heterocycles. The lowest BCUT2D eigenvalue weighted by Crippen LogP contribution is -2.47. The van der Waals surface area contributed by atoms with E-state index >= 15 is 0 Å². The van der Waals surface area contributed by atoms with E-state index in [0.29, 0.717) is 19.0 Å². The fraction of sp³-hybridized carbons (Fsp3) is 0.500. The third-order valence-corrected chi connectivity index (χ3v) is 2.93. The van der Waals surface area contributed by atoms with Crippen molar-refractivity contribution in [2.45, 2.75) is 12.6 Å². The Morgan fingerprint density at radius 2 is 2.56 bits per heavy atom. The third-order valence-electron chi connectivity index (χ3n) is 2.93. The summed E-state index contributed by atoms with van der Waals surface area (Å²) in [7, 11) is 1.61. The van der Waals surface area contributed by atoms with Gasteiger partial charge in [-0.25, -0.2) is 4.98 Å². The van der Waals surface area contributed by atoms with Crippen molar-refractivity contribution in [3.05, 3.63) is 23.9 Å². The van der Waals surface area contributed by atoms with Gasteiger partial charge in [0, 0.05) is 31.4 Å². The Labute approximate surface area is 106 Å². The van der Waals surface area contributed by atoms with Crippen molar-refractivity contribution in [3.8, 4) is 5.88 Å². The van der Waals surface area contributed by atoms with E-state index < -0.39 is 0 Å². The van der Waals surface area contributed by atoms with Crippen LogP contribution in [-0.4, -0.2) is 48.6 Å². The zero-order chi connectivity index (χ0) is 13.0. The molecule has 1 aromatic rings. The first-order valence-corrected chi connectivity index (χ1v) is 5.86. The Morgan fingerprint density at radius 3 is 3.28 bits per heavy atom. The summed E-state index contributed by atoms with van der Waals surface area (Å²) >= 11 is 0. The van der Waals surface area contributed by atoms with Crippen LogP contribution < -0.4 is 10.5 Å². The smallest absolute Gasteiger partial charge is 0.217 e. The maximum atomic E-state index is 7.43. The molecule has 1 atom stereocenters. The van der Waals surface area contributed by atoms with Crippen LogP contribution in [0.2, 0.25) is 0 Å². The van der Waals surface area contributed by atoms with Crippen molar-refractivity contribution >= 4 is 5.84 Å². The molecule has 0 aliphatic carbocycles. The highest BCUT2D eigenvalue weighted by molar-refractivity contribution is 5.82. The van der Waals surface area contributed by atoms with Gasteiger partial charge >= 0.3 is 0 Å². The second kappa shape index (κ2) is 5.79. The number of nitrogens with zero attached hydrogens (tertiary/aromatic N) is 2. The van der Waals surface area contributed by atoms with Gasteiger partial charge in [-0.1, -0.05) is 6.07 Å². The molecule has 1 aliphatic rings. The summed E-state index contributed by atoms with van der Waals surface area (Å²) in [5, 5.41) is 7.43. The Bertz CT molecular complexity index is 424. The summed E-state index contributed by atoms with van der Waals surface area (Å²) in [4.78, 5) is 6.36. The van der Waals surface area contributed by atoms with Crippen molar-refractivity contribution in [2.24, 2.45) is 5.73 Å². The molecule has 3 N–H and O–H groups in total. The van der Waals surface area contributed by atoms with Crippen molar-refractivity contribution in [3.63, 3.8) is 0 Å². The van der Waals surface area contributed by atoms with Crippen molar-refractivity contribution in [2.75, 3.05) is 26.8 Å². The number of rotatable bonds is 4. The molecule has 1 unspecified atom stereocenters. The SMILES string of the molecule is COc1ncccc1CN1CCOC(C(=N)N)C1. The first-order chi connectivity index (χ1) is 8.70. The second-order valence-electron chi connectivity index (χ2n) is 4.22. The van der Waals surface area contributed by atoms with Crippen LogP contribution in [0.5, 0.6) is 5.88 Å². The predicted molar refractivity (Wildman–Crippen MR) is 67.7 cm³/mol. The Kier molecular flexibility index (Phi) is 4.11. The molecule has 0 amide bonds. The molecular weight excluding hydrogens is 232 g/mol. The Morgan fingerprint density at radius 1 is 1.72 bits per heavy atom. The van der Waals surface area contributed by atoms with Crippen LogP contribution in [0.3, 0.4) is 0 Å². The number of hydrogen-bond donors (Lipinski definition) is 2. The second-order valence-corrected chi connectivity index (χ2v) is 4.22. The number of morpholine rings is 1. The molecule has 0 spiro atoms. The zero-order valence-corrected chi connectivity index (χ0v) is 10.4. The highest BCUT2D eigenvalue weighted by Crippen LogP contribution is 2.17.